The molecular weight excluding hydrogens is 248 g/mol. The van der Waals surface area contributed by atoms with Crippen molar-refractivity contribution in [3.05, 3.63) is 0 Å². The van der Waals surface area contributed by atoms with Crippen LogP contribution in [0.3, 0.4) is 0 Å². The van der Waals surface area contributed by atoms with Crippen LogP contribution < -0.4 is 5.32 Å². The third kappa shape index (κ3) is 3.39. The van der Waals surface area contributed by atoms with Crippen LogP contribution in [0, 0.1) is 16.7 Å². The van der Waals surface area contributed by atoms with Gasteiger partial charge in [-0.25, -0.2) is 0 Å². The molecule has 1 saturated carbocycles. The maximum Gasteiger partial charge on any atom is 0.240 e. The molecule has 0 aromatic carbocycles. The van der Waals surface area contributed by atoms with Gasteiger partial charge in [-0.05, 0) is 26.0 Å². The van der Waals surface area contributed by atoms with E-state index in [4.69, 9.17) is 0 Å². The van der Waals surface area contributed by atoms with E-state index in [1.54, 1.807) is 0 Å². The van der Waals surface area contributed by atoms with E-state index in [1.807, 2.05) is 13.2 Å². The third-order valence-corrected chi connectivity index (χ3v) is 4.92. The van der Waals surface area contributed by atoms with Gasteiger partial charge in [-0.15, -0.1) is 0 Å². The van der Waals surface area contributed by atoms with Crippen molar-refractivity contribution in [3.8, 4) is 6.07 Å². The van der Waals surface area contributed by atoms with Gasteiger partial charge < -0.3 is 10.4 Å². The fraction of sp³-hybridized carbons (Fsp3) is 0.846. The molecule has 18 heavy (non-hydrogen) atoms. The molecule has 1 aliphatic rings. The normalized spacial score (nSPS) is 21.7. The second-order valence-electron chi connectivity index (χ2n) is 4.97. The molecule has 5 heteroatoms. The summed E-state index contributed by atoms with van der Waals surface area (Å²) in [4.78, 5) is 12.3. The molecule has 1 aliphatic carbocycles. The lowest BCUT2D eigenvalue weighted by Gasteiger charge is -2.31. The third-order valence-electron chi connectivity index (χ3n) is 3.75. The molecule has 2 N–H and O–H groups in total. The Morgan fingerprint density at radius 1 is 1.50 bits per heavy atom. The van der Waals surface area contributed by atoms with Gasteiger partial charge in [0.2, 0.25) is 5.91 Å². The van der Waals surface area contributed by atoms with E-state index < -0.39 is 5.41 Å². The van der Waals surface area contributed by atoms with Crippen LogP contribution in [-0.2, 0) is 4.79 Å². The lowest BCUT2D eigenvalue weighted by Crippen LogP contribution is -2.48. The lowest BCUT2D eigenvalue weighted by molar-refractivity contribution is -0.130. The number of nitriles is 1. The van der Waals surface area contributed by atoms with Gasteiger partial charge in [0.1, 0.15) is 5.41 Å². The van der Waals surface area contributed by atoms with Crippen LogP contribution in [0.4, 0.5) is 0 Å². The number of carbonyl (C=O) groups excluding carboxylic acids is 1. The highest BCUT2D eigenvalue weighted by atomic mass is 32.2. The standard InChI is InChI=1S/C13H22N2O2S/c1-10(11(8-16)18-2)15-12(17)13(9-14)6-4-3-5-7-13/h10-11,16H,3-8H2,1-2H3,(H,15,17). The summed E-state index contributed by atoms with van der Waals surface area (Å²) in [7, 11) is 0. The predicted octanol–water partition coefficient (Wildman–Crippen LogP) is 1.69. The number of aliphatic hydroxyl groups is 1. The van der Waals surface area contributed by atoms with E-state index >= 15 is 0 Å². The van der Waals surface area contributed by atoms with Gasteiger partial charge in [0.25, 0.3) is 0 Å². The number of amides is 1. The molecule has 2 unspecified atom stereocenters. The molecule has 0 aromatic rings. The average Bonchev–Trinajstić information content (AvgIpc) is 2.40. The van der Waals surface area contributed by atoms with Crippen molar-refractivity contribution in [3.63, 3.8) is 0 Å². The van der Waals surface area contributed by atoms with Gasteiger partial charge in [-0.1, -0.05) is 19.3 Å². The van der Waals surface area contributed by atoms with E-state index in [1.165, 1.54) is 11.8 Å². The summed E-state index contributed by atoms with van der Waals surface area (Å²) in [5, 5.41) is 21.4. The number of aliphatic hydroxyl groups excluding tert-OH is 1. The van der Waals surface area contributed by atoms with Gasteiger partial charge in [-0.2, -0.15) is 17.0 Å². The van der Waals surface area contributed by atoms with Gasteiger partial charge in [0, 0.05) is 11.3 Å². The van der Waals surface area contributed by atoms with Crippen LogP contribution in [-0.4, -0.2) is 35.2 Å². The van der Waals surface area contributed by atoms with Crippen molar-refractivity contribution in [2.75, 3.05) is 12.9 Å². The molecule has 1 amide bonds. The molecule has 2 atom stereocenters. The zero-order valence-electron chi connectivity index (χ0n) is 11.1. The Labute approximate surface area is 113 Å². The summed E-state index contributed by atoms with van der Waals surface area (Å²) >= 11 is 1.53. The van der Waals surface area contributed by atoms with Crippen LogP contribution >= 0.6 is 11.8 Å². The number of nitrogens with one attached hydrogen (secondary N) is 1. The summed E-state index contributed by atoms with van der Waals surface area (Å²) < 4.78 is 0. The van der Waals surface area contributed by atoms with E-state index in [-0.39, 0.29) is 23.8 Å². The summed E-state index contributed by atoms with van der Waals surface area (Å²) in [6.07, 6.45) is 6.22. The maximum atomic E-state index is 12.3. The molecule has 0 spiro atoms. The van der Waals surface area contributed by atoms with Crippen LogP contribution in [0.5, 0.6) is 0 Å². The molecule has 4 nitrogen and oxygen atoms in total. The molecule has 0 radical (unpaired) electrons. The molecule has 102 valence electrons. The lowest BCUT2D eigenvalue weighted by atomic mass is 9.74. The van der Waals surface area contributed by atoms with Crippen LogP contribution in [0.2, 0.25) is 0 Å². The van der Waals surface area contributed by atoms with Crippen molar-refractivity contribution in [2.24, 2.45) is 5.41 Å². The number of rotatable bonds is 5. The number of carbonyl (C=O) groups is 1. The first kappa shape index (κ1) is 15.3. The first-order valence-corrected chi connectivity index (χ1v) is 7.74. The van der Waals surface area contributed by atoms with Crippen molar-refractivity contribution in [1.29, 1.82) is 5.26 Å². The molecule has 0 bridgehead atoms. The Balaban J connectivity index is 2.65. The van der Waals surface area contributed by atoms with E-state index in [0.717, 1.165) is 19.3 Å². The Morgan fingerprint density at radius 3 is 2.56 bits per heavy atom. The second kappa shape index (κ2) is 7.01. The molecular formula is C13H22N2O2S. The highest BCUT2D eigenvalue weighted by Gasteiger charge is 2.40. The van der Waals surface area contributed by atoms with E-state index in [9.17, 15) is 15.2 Å². The summed E-state index contributed by atoms with van der Waals surface area (Å²) in [5.74, 6) is -0.162. The highest BCUT2D eigenvalue weighted by Crippen LogP contribution is 2.36. The van der Waals surface area contributed by atoms with Crippen LogP contribution in [0.15, 0.2) is 0 Å². The van der Waals surface area contributed by atoms with Gasteiger partial charge in [-0.3, -0.25) is 4.79 Å². The average molecular weight is 270 g/mol. The monoisotopic (exact) mass is 270 g/mol. The fourth-order valence-corrected chi connectivity index (χ4v) is 3.04. The minimum Gasteiger partial charge on any atom is -0.395 e. The van der Waals surface area contributed by atoms with Gasteiger partial charge >= 0.3 is 0 Å². The Hall–Kier alpha value is -0.730. The largest absolute Gasteiger partial charge is 0.395 e. The number of hydrogen-bond acceptors (Lipinski definition) is 4. The zero-order valence-corrected chi connectivity index (χ0v) is 11.9. The first-order chi connectivity index (χ1) is 8.59. The number of nitrogens with zero attached hydrogens (tertiary/aromatic N) is 1. The molecule has 1 fully saturated rings. The van der Waals surface area contributed by atoms with Crippen LogP contribution in [0.25, 0.3) is 0 Å². The van der Waals surface area contributed by atoms with Crippen molar-refractivity contribution in [1.82, 2.24) is 5.32 Å². The van der Waals surface area contributed by atoms with E-state index in [0.29, 0.717) is 12.8 Å². The summed E-state index contributed by atoms with van der Waals surface area (Å²) in [5.41, 5.74) is -0.842. The Kier molecular flexibility index (Phi) is 5.97. The number of thioether (sulfide) groups is 1. The molecule has 0 heterocycles. The topological polar surface area (TPSA) is 73.1 Å². The molecule has 0 saturated heterocycles. The van der Waals surface area contributed by atoms with Crippen molar-refractivity contribution >= 4 is 17.7 Å². The maximum absolute atomic E-state index is 12.3. The molecule has 0 aromatic heterocycles. The van der Waals surface area contributed by atoms with Gasteiger partial charge in [0.15, 0.2) is 0 Å². The minimum absolute atomic E-state index is 0.0201. The fourth-order valence-electron chi connectivity index (χ4n) is 2.42. The molecule has 1 rings (SSSR count). The Bertz CT molecular complexity index is 317. The SMILES string of the molecule is CSC(CO)C(C)NC(=O)C1(C#N)CCCCC1. The van der Waals surface area contributed by atoms with Crippen LogP contribution in [0.1, 0.15) is 39.0 Å². The smallest absolute Gasteiger partial charge is 0.240 e. The second-order valence-corrected chi connectivity index (χ2v) is 6.05. The highest BCUT2D eigenvalue weighted by molar-refractivity contribution is 7.99. The van der Waals surface area contributed by atoms with E-state index in [2.05, 4.69) is 11.4 Å². The molecule has 0 aliphatic heterocycles. The summed E-state index contributed by atoms with van der Waals surface area (Å²) in [6, 6.07) is 2.10. The zero-order chi connectivity index (χ0) is 13.6. The first-order valence-electron chi connectivity index (χ1n) is 6.45. The van der Waals surface area contributed by atoms with Crippen molar-refractivity contribution in [2.45, 2.75) is 50.3 Å². The quantitative estimate of drug-likeness (QED) is 0.797. The predicted molar refractivity (Wildman–Crippen MR) is 73.1 cm³/mol. The summed E-state index contributed by atoms with van der Waals surface area (Å²) in [6.45, 7) is 1.91. The van der Waals surface area contributed by atoms with Crippen molar-refractivity contribution < 1.29 is 9.90 Å². The van der Waals surface area contributed by atoms with Gasteiger partial charge in [0.05, 0.1) is 12.7 Å². The number of hydrogen-bond donors (Lipinski definition) is 2. The Morgan fingerprint density at radius 2 is 2.11 bits per heavy atom. The minimum atomic E-state index is -0.842.